The summed E-state index contributed by atoms with van der Waals surface area (Å²) in [6, 6.07) is 16.9. The Bertz CT molecular complexity index is 1570. The summed E-state index contributed by atoms with van der Waals surface area (Å²) in [6.45, 7) is 4.82. The number of nitrogens with zero attached hydrogens (tertiary/aromatic N) is 2. The average molecular weight is 547 g/mol. The van der Waals surface area contributed by atoms with Crippen molar-refractivity contribution in [3.63, 3.8) is 0 Å². The molecule has 0 radical (unpaired) electrons. The zero-order valence-electron chi connectivity index (χ0n) is 21.5. The molecule has 1 aromatic heterocycles. The summed E-state index contributed by atoms with van der Waals surface area (Å²) in [5.74, 6) is -1.39. The van der Waals surface area contributed by atoms with Crippen molar-refractivity contribution in [2.24, 2.45) is 0 Å². The SMILES string of the molecule is CCCCOc1ccc(C2C(=C(O)c3ccccc3)C(=O)C(=O)N2c2nc3ccc(F)cc3s2)cc1OCC. The molecule has 1 aliphatic rings. The summed E-state index contributed by atoms with van der Waals surface area (Å²) >= 11 is 1.10. The van der Waals surface area contributed by atoms with Crippen molar-refractivity contribution >= 4 is 44.1 Å². The number of halogens is 1. The van der Waals surface area contributed by atoms with Crippen molar-refractivity contribution in [2.75, 3.05) is 18.1 Å². The maximum Gasteiger partial charge on any atom is 0.301 e. The standard InChI is InChI=1S/C30H27FN2O5S/c1-3-5-15-38-22-14-11-19(16-23(22)37-4-2)26-25(27(34)18-9-7-6-8-10-18)28(35)29(36)33(26)30-32-21-13-12-20(31)17-24(21)39-30/h6-14,16-17,26,34H,3-5,15H2,1-2H3. The highest BCUT2D eigenvalue weighted by Crippen LogP contribution is 2.46. The maximum absolute atomic E-state index is 13.9. The van der Waals surface area contributed by atoms with Crippen LogP contribution in [0.5, 0.6) is 11.5 Å². The van der Waals surface area contributed by atoms with Crippen LogP contribution in [0.3, 0.4) is 0 Å². The van der Waals surface area contributed by atoms with Gasteiger partial charge in [-0.3, -0.25) is 14.5 Å². The van der Waals surface area contributed by atoms with Crippen molar-refractivity contribution in [1.82, 2.24) is 4.98 Å². The lowest BCUT2D eigenvalue weighted by Gasteiger charge is -2.24. The van der Waals surface area contributed by atoms with Gasteiger partial charge in [0.05, 0.1) is 35.0 Å². The van der Waals surface area contributed by atoms with Gasteiger partial charge in [0.2, 0.25) is 0 Å². The number of anilines is 1. The highest BCUT2D eigenvalue weighted by atomic mass is 32.1. The first-order chi connectivity index (χ1) is 18.9. The number of carbonyl (C=O) groups is 2. The summed E-state index contributed by atoms with van der Waals surface area (Å²) in [7, 11) is 0. The average Bonchev–Trinajstić information content (AvgIpc) is 3.47. The third-order valence-electron chi connectivity index (χ3n) is 6.38. The fourth-order valence-corrected chi connectivity index (χ4v) is 5.51. The molecule has 1 saturated heterocycles. The smallest absolute Gasteiger partial charge is 0.301 e. The van der Waals surface area contributed by atoms with Gasteiger partial charge >= 0.3 is 5.91 Å². The summed E-state index contributed by atoms with van der Waals surface area (Å²) in [5, 5.41) is 11.5. The lowest BCUT2D eigenvalue weighted by Crippen LogP contribution is -2.29. The Morgan fingerprint density at radius 1 is 1.03 bits per heavy atom. The minimum absolute atomic E-state index is 0.0706. The second-order valence-electron chi connectivity index (χ2n) is 8.98. The normalized spacial score (nSPS) is 16.7. The number of carbonyl (C=O) groups excluding carboxylic acids is 2. The van der Waals surface area contributed by atoms with E-state index in [1.807, 2.05) is 6.92 Å². The molecule has 4 aromatic rings. The molecule has 5 rings (SSSR count). The van der Waals surface area contributed by atoms with E-state index in [4.69, 9.17) is 9.47 Å². The predicted molar refractivity (Wildman–Crippen MR) is 149 cm³/mol. The minimum atomic E-state index is -1.00. The second kappa shape index (κ2) is 11.2. The molecule has 9 heteroatoms. The number of unbranched alkanes of at least 4 members (excludes halogenated alkanes) is 1. The van der Waals surface area contributed by atoms with Gasteiger partial charge in [-0.1, -0.05) is 61.1 Å². The molecule has 200 valence electrons. The van der Waals surface area contributed by atoms with Crippen molar-refractivity contribution in [1.29, 1.82) is 0 Å². The Balaban J connectivity index is 1.69. The van der Waals surface area contributed by atoms with Gasteiger partial charge in [0.25, 0.3) is 5.78 Å². The van der Waals surface area contributed by atoms with E-state index in [1.165, 1.54) is 23.1 Å². The Kier molecular flexibility index (Phi) is 7.60. The van der Waals surface area contributed by atoms with E-state index in [-0.39, 0.29) is 16.5 Å². The van der Waals surface area contributed by atoms with Gasteiger partial charge in [-0.15, -0.1) is 0 Å². The van der Waals surface area contributed by atoms with Crippen LogP contribution in [0, 0.1) is 5.82 Å². The Hall–Kier alpha value is -4.24. The van der Waals surface area contributed by atoms with Crippen LogP contribution in [0.4, 0.5) is 9.52 Å². The van der Waals surface area contributed by atoms with Crippen molar-refractivity contribution in [3.8, 4) is 11.5 Å². The van der Waals surface area contributed by atoms with E-state index in [1.54, 1.807) is 48.5 Å². The van der Waals surface area contributed by atoms with Gasteiger partial charge in [-0.25, -0.2) is 9.37 Å². The Labute approximate surface area is 229 Å². The van der Waals surface area contributed by atoms with E-state index in [0.717, 1.165) is 24.2 Å². The lowest BCUT2D eigenvalue weighted by molar-refractivity contribution is -0.132. The number of benzene rings is 3. The number of ketones is 1. The van der Waals surface area contributed by atoms with Crippen LogP contribution in [-0.2, 0) is 9.59 Å². The molecule has 7 nitrogen and oxygen atoms in total. The molecule has 0 bridgehead atoms. The molecule has 1 atom stereocenters. The van der Waals surface area contributed by atoms with Crippen LogP contribution in [-0.4, -0.2) is 35.0 Å². The quantitative estimate of drug-likeness (QED) is 0.110. The highest BCUT2D eigenvalue weighted by Gasteiger charge is 2.48. The zero-order chi connectivity index (χ0) is 27.5. The summed E-state index contributed by atoms with van der Waals surface area (Å²) < 4.78 is 26.2. The van der Waals surface area contributed by atoms with E-state index < -0.39 is 23.5 Å². The lowest BCUT2D eigenvalue weighted by atomic mass is 9.95. The molecule has 0 spiro atoms. The predicted octanol–water partition coefficient (Wildman–Crippen LogP) is 6.64. The van der Waals surface area contributed by atoms with Crippen LogP contribution in [0.25, 0.3) is 16.0 Å². The van der Waals surface area contributed by atoms with Crippen LogP contribution in [0.1, 0.15) is 43.9 Å². The first kappa shape index (κ1) is 26.4. The number of hydrogen-bond acceptors (Lipinski definition) is 7. The maximum atomic E-state index is 13.9. The van der Waals surface area contributed by atoms with Crippen molar-refractivity contribution < 1.29 is 28.6 Å². The molecule has 3 aromatic carbocycles. The van der Waals surface area contributed by atoms with E-state index in [0.29, 0.717) is 46.1 Å². The molecule has 0 saturated carbocycles. The molecule has 2 heterocycles. The van der Waals surface area contributed by atoms with Gasteiger partial charge in [0, 0.05) is 5.56 Å². The fourth-order valence-electron chi connectivity index (χ4n) is 4.49. The van der Waals surface area contributed by atoms with Crippen molar-refractivity contribution in [2.45, 2.75) is 32.7 Å². The Morgan fingerprint density at radius 3 is 2.56 bits per heavy atom. The minimum Gasteiger partial charge on any atom is -0.507 e. The number of rotatable bonds is 9. The molecular formula is C30H27FN2O5S. The van der Waals surface area contributed by atoms with E-state index in [2.05, 4.69) is 11.9 Å². The van der Waals surface area contributed by atoms with Crippen LogP contribution >= 0.6 is 11.3 Å². The van der Waals surface area contributed by atoms with Gasteiger partial charge in [-0.2, -0.15) is 0 Å². The number of amides is 1. The van der Waals surface area contributed by atoms with Crippen LogP contribution in [0.2, 0.25) is 0 Å². The molecule has 0 aliphatic carbocycles. The molecule has 1 unspecified atom stereocenters. The monoisotopic (exact) mass is 546 g/mol. The van der Waals surface area contributed by atoms with Gasteiger partial charge < -0.3 is 14.6 Å². The summed E-state index contributed by atoms with van der Waals surface area (Å²) in [4.78, 5) is 32.8. The Morgan fingerprint density at radius 2 is 1.82 bits per heavy atom. The number of ether oxygens (including phenoxy) is 2. The van der Waals surface area contributed by atoms with Gasteiger partial charge in [0.15, 0.2) is 16.6 Å². The molecule has 1 aliphatic heterocycles. The van der Waals surface area contributed by atoms with Crippen LogP contribution in [0.15, 0.2) is 72.3 Å². The number of aliphatic hydroxyl groups excluding tert-OH is 1. The second-order valence-corrected chi connectivity index (χ2v) is 9.99. The molecule has 1 N–H and O–H groups in total. The van der Waals surface area contributed by atoms with Crippen molar-refractivity contribution in [3.05, 3.63) is 89.2 Å². The van der Waals surface area contributed by atoms with E-state index >= 15 is 0 Å². The highest BCUT2D eigenvalue weighted by molar-refractivity contribution is 7.22. The molecule has 1 fully saturated rings. The number of fused-ring (bicyclic) bond motifs is 1. The molecule has 1 amide bonds. The fraction of sp³-hybridized carbons (Fsp3) is 0.233. The van der Waals surface area contributed by atoms with Gasteiger partial charge in [0.1, 0.15) is 11.6 Å². The first-order valence-electron chi connectivity index (χ1n) is 12.7. The number of aromatic nitrogens is 1. The number of aliphatic hydroxyl groups is 1. The van der Waals surface area contributed by atoms with Gasteiger partial charge in [-0.05, 0) is 49.2 Å². The van der Waals surface area contributed by atoms with E-state index in [9.17, 15) is 19.1 Å². The largest absolute Gasteiger partial charge is 0.507 e. The zero-order valence-corrected chi connectivity index (χ0v) is 22.3. The number of Topliss-reactive ketones (excluding diaryl/α,β-unsaturated/α-hetero) is 1. The summed E-state index contributed by atoms with van der Waals surface area (Å²) in [6.07, 6.45) is 1.85. The third-order valence-corrected chi connectivity index (χ3v) is 7.39. The summed E-state index contributed by atoms with van der Waals surface area (Å²) in [5.41, 5.74) is 1.35. The molecule has 39 heavy (non-hydrogen) atoms. The first-order valence-corrected chi connectivity index (χ1v) is 13.6. The number of thiazole rings is 1. The number of hydrogen-bond donors (Lipinski definition) is 1. The molecular weight excluding hydrogens is 519 g/mol. The topological polar surface area (TPSA) is 89.0 Å². The van der Waals surface area contributed by atoms with Crippen LogP contribution < -0.4 is 14.4 Å². The third kappa shape index (κ3) is 5.09.